The van der Waals surface area contributed by atoms with E-state index in [0.717, 1.165) is 6.42 Å². The third-order valence-corrected chi connectivity index (χ3v) is 7.32. The highest BCUT2D eigenvalue weighted by atomic mass is 79.9. The van der Waals surface area contributed by atoms with Crippen LogP contribution in [0.1, 0.15) is 31.7 Å². The third-order valence-electron chi connectivity index (χ3n) is 5.36. The maximum absolute atomic E-state index is 12.9. The van der Waals surface area contributed by atoms with E-state index in [1.807, 2.05) is 6.92 Å². The molecular weight excluding hydrogens is 572 g/mol. The first-order valence-electron chi connectivity index (χ1n) is 11.6. The first-order chi connectivity index (χ1) is 17.3. The minimum atomic E-state index is -0.274. The Hall–Kier alpha value is -2.15. The summed E-state index contributed by atoms with van der Waals surface area (Å²) in [6, 6.07) is 3.52. The zero-order chi connectivity index (χ0) is 26.1. The van der Waals surface area contributed by atoms with Gasteiger partial charge in [0.2, 0.25) is 0 Å². The lowest BCUT2D eigenvalue weighted by Crippen LogP contribution is -2.43. The molecule has 0 unspecified atom stereocenters. The third kappa shape index (κ3) is 7.67. The molecule has 0 bridgehead atoms. The van der Waals surface area contributed by atoms with Crippen LogP contribution >= 0.6 is 39.9 Å². The van der Waals surface area contributed by atoms with Gasteiger partial charge >= 0.3 is 5.97 Å². The van der Waals surface area contributed by atoms with Crippen LogP contribution in [0.25, 0.3) is 6.08 Å². The molecule has 0 saturated carbocycles. The van der Waals surface area contributed by atoms with Crippen molar-refractivity contribution in [2.24, 2.45) is 0 Å². The Bertz CT molecular complexity index is 1030. The van der Waals surface area contributed by atoms with Gasteiger partial charge in [0.15, 0.2) is 18.1 Å². The molecule has 0 spiro atoms. The van der Waals surface area contributed by atoms with Gasteiger partial charge < -0.3 is 23.8 Å². The lowest BCUT2D eigenvalue weighted by Gasteiger charge is -2.27. The molecule has 2 heterocycles. The molecule has 36 heavy (non-hydrogen) atoms. The van der Waals surface area contributed by atoms with E-state index < -0.39 is 0 Å². The van der Waals surface area contributed by atoms with E-state index in [4.69, 9.17) is 31.2 Å². The average Bonchev–Trinajstić information content (AvgIpc) is 3.14. The number of morpholine rings is 1. The number of esters is 1. The van der Waals surface area contributed by atoms with Crippen LogP contribution < -0.4 is 9.47 Å². The van der Waals surface area contributed by atoms with Crippen LogP contribution in [0, 0.1) is 0 Å². The van der Waals surface area contributed by atoms with E-state index >= 15 is 0 Å². The molecule has 1 aromatic rings. The fraction of sp³-hybridized carbons (Fsp3) is 0.500. The van der Waals surface area contributed by atoms with Crippen LogP contribution in [-0.2, 0) is 23.9 Å². The quantitative estimate of drug-likeness (QED) is 0.214. The number of hydrogen-bond acceptors (Lipinski definition) is 9. The highest BCUT2D eigenvalue weighted by molar-refractivity contribution is 9.10. The summed E-state index contributed by atoms with van der Waals surface area (Å²) in [7, 11) is 1.51. The predicted molar refractivity (Wildman–Crippen MR) is 144 cm³/mol. The molecule has 12 heteroatoms. The van der Waals surface area contributed by atoms with Crippen LogP contribution in [0.3, 0.4) is 0 Å². The van der Waals surface area contributed by atoms with Crippen molar-refractivity contribution in [2.75, 3.05) is 53.2 Å². The molecule has 1 aromatic carbocycles. The van der Waals surface area contributed by atoms with E-state index in [9.17, 15) is 14.4 Å². The van der Waals surface area contributed by atoms with E-state index in [1.54, 1.807) is 23.1 Å². The van der Waals surface area contributed by atoms with Crippen LogP contribution in [0.4, 0.5) is 0 Å². The lowest BCUT2D eigenvalue weighted by atomic mass is 10.1. The van der Waals surface area contributed by atoms with E-state index in [2.05, 4.69) is 15.9 Å². The van der Waals surface area contributed by atoms with Crippen molar-refractivity contribution in [1.82, 2.24) is 9.80 Å². The molecule has 2 amide bonds. The molecule has 0 N–H and O–H groups in total. The van der Waals surface area contributed by atoms with Crippen LogP contribution in [0.15, 0.2) is 21.5 Å². The number of nitrogens with zero attached hydrogens (tertiary/aromatic N) is 2. The normalized spacial score (nSPS) is 17.0. The zero-order valence-corrected chi connectivity index (χ0v) is 23.5. The number of thiocarbonyl (C=S) groups is 1. The molecule has 0 radical (unpaired) electrons. The minimum Gasteiger partial charge on any atom is -0.493 e. The van der Waals surface area contributed by atoms with Crippen molar-refractivity contribution in [3.63, 3.8) is 0 Å². The maximum atomic E-state index is 12.9. The Labute approximate surface area is 228 Å². The van der Waals surface area contributed by atoms with Gasteiger partial charge in [0.1, 0.15) is 4.32 Å². The molecule has 2 fully saturated rings. The number of thioether (sulfide) groups is 1. The number of halogens is 1. The van der Waals surface area contributed by atoms with Crippen molar-refractivity contribution in [3.8, 4) is 11.5 Å². The number of ether oxygens (including phenoxy) is 4. The van der Waals surface area contributed by atoms with Crippen molar-refractivity contribution in [2.45, 2.75) is 26.2 Å². The Balaban J connectivity index is 1.63. The van der Waals surface area contributed by atoms with Crippen molar-refractivity contribution >= 4 is 68.1 Å². The Morgan fingerprint density at radius 2 is 2.03 bits per heavy atom. The fourth-order valence-electron chi connectivity index (χ4n) is 3.51. The molecule has 9 nitrogen and oxygen atoms in total. The molecule has 2 aliphatic heterocycles. The minimum absolute atomic E-state index is 0.126. The van der Waals surface area contributed by atoms with Gasteiger partial charge in [0, 0.05) is 26.1 Å². The lowest BCUT2D eigenvalue weighted by molar-refractivity contribution is -0.144. The Kier molecular flexibility index (Phi) is 11.0. The van der Waals surface area contributed by atoms with Gasteiger partial charge in [-0.25, -0.2) is 0 Å². The van der Waals surface area contributed by atoms with Crippen molar-refractivity contribution < 1.29 is 33.3 Å². The molecule has 196 valence electrons. The maximum Gasteiger partial charge on any atom is 0.305 e. The summed E-state index contributed by atoms with van der Waals surface area (Å²) in [4.78, 5) is 40.7. The second-order valence-electron chi connectivity index (χ2n) is 7.97. The molecule has 2 aliphatic rings. The summed E-state index contributed by atoms with van der Waals surface area (Å²) < 4.78 is 22.6. The Morgan fingerprint density at radius 1 is 1.28 bits per heavy atom. The number of rotatable bonds is 11. The van der Waals surface area contributed by atoms with Gasteiger partial charge in [-0.05, 0) is 52.5 Å². The highest BCUT2D eigenvalue weighted by Gasteiger charge is 2.32. The number of amides is 2. The molecule has 3 rings (SSSR count). The summed E-state index contributed by atoms with van der Waals surface area (Å²) in [5, 5.41) is 0. The van der Waals surface area contributed by atoms with E-state index in [-0.39, 0.29) is 30.8 Å². The van der Waals surface area contributed by atoms with Crippen LogP contribution in [-0.4, -0.2) is 85.1 Å². The van der Waals surface area contributed by atoms with E-state index in [0.29, 0.717) is 76.6 Å². The van der Waals surface area contributed by atoms with Gasteiger partial charge in [0.25, 0.3) is 11.8 Å². The van der Waals surface area contributed by atoms with Crippen molar-refractivity contribution in [3.05, 3.63) is 27.1 Å². The first-order valence-corrected chi connectivity index (χ1v) is 13.6. The topological polar surface area (TPSA) is 94.6 Å². The predicted octanol–water partition coefficient (Wildman–Crippen LogP) is 3.63. The second-order valence-corrected chi connectivity index (χ2v) is 10.5. The average molecular weight is 602 g/mol. The molecule has 0 aliphatic carbocycles. The summed E-state index contributed by atoms with van der Waals surface area (Å²) in [5.74, 6) is 0.214. The molecule has 2 saturated heterocycles. The van der Waals surface area contributed by atoms with Gasteiger partial charge in [-0.2, -0.15) is 0 Å². The fourth-order valence-corrected chi connectivity index (χ4v) is 5.40. The number of benzene rings is 1. The van der Waals surface area contributed by atoms with E-state index in [1.165, 1.54) is 23.8 Å². The highest BCUT2D eigenvalue weighted by Crippen LogP contribution is 2.39. The van der Waals surface area contributed by atoms with Gasteiger partial charge in [-0.3, -0.25) is 19.3 Å². The first kappa shape index (κ1) is 28.4. The van der Waals surface area contributed by atoms with Gasteiger partial charge in [0.05, 0.1) is 36.3 Å². The molecule has 0 atom stereocenters. The number of hydrogen-bond donors (Lipinski definition) is 0. The molecular formula is C24H29BrN2O7S2. The number of methoxy groups -OCH3 is 1. The number of carbonyl (C=O) groups excluding carboxylic acids is 3. The number of carbonyl (C=O) groups is 3. The SMILES string of the molecule is CCCOC(=O)CCCN1C(=O)/C(=C\c2cc(Br)c(OCC(=O)N3CCOCC3)c(OC)c2)SC1=S. The zero-order valence-electron chi connectivity index (χ0n) is 20.2. The Morgan fingerprint density at radius 3 is 2.72 bits per heavy atom. The second kappa shape index (κ2) is 14.0. The van der Waals surface area contributed by atoms with Crippen molar-refractivity contribution in [1.29, 1.82) is 0 Å². The van der Waals surface area contributed by atoms with Crippen LogP contribution in [0.2, 0.25) is 0 Å². The smallest absolute Gasteiger partial charge is 0.305 e. The molecule has 0 aromatic heterocycles. The summed E-state index contributed by atoms with van der Waals surface area (Å²) in [5.41, 5.74) is 0.703. The largest absolute Gasteiger partial charge is 0.493 e. The monoisotopic (exact) mass is 600 g/mol. The summed E-state index contributed by atoms with van der Waals surface area (Å²) in [6.07, 6.45) is 3.20. The van der Waals surface area contributed by atoms with Gasteiger partial charge in [-0.15, -0.1) is 0 Å². The summed E-state index contributed by atoms with van der Waals surface area (Å²) in [6.45, 7) is 4.67. The van der Waals surface area contributed by atoms with Crippen LogP contribution in [0.5, 0.6) is 11.5 Å². The van der Waals surface area contributed by atoms with Gasteiger partial charge in [-0.1, -0.05) is 30.9 Å². The summed E-state index contributed by atoms with van der Waals surface area (Å²) >= 11 is 10.1. The standard InChI is InChI=1S/C24H29BrN2O7S2/c1-3-9-33-21(29)5-4-6-27-23(30)19(36-24(27)35)14-16-12-17(25)22(18(13-16)31-2)34-15-20(28)26-7-10-32-11-8-26/h12-14H,3-11,15H2,1-2H3/b19-14+.